The summed E-state index contributed by atoms with van der Waals surface area (Å²) in [6.45, 7) is 0.543. The molecule has 0 aliphatic carbocycles. The third-order valence-corrected chi connectivity index (χ3v) is 4.65. The van der Waals surface area contributed by atoms with Crippen LogP contribution in [0.4, 0.5) is 0 Å². The maximum atomic E-state index is 11.9. The second-order valence-corrected chi connectivity index (χ2v) is 6.93. The molecule has 0 bridgehead atoms. The van der Waals surface area contributed by atoms with Gasteiger partial charge in [-0.15, -0.1) is 0 Å². The average Bonchev–Trinajstić information content (AvgIpc) is 2.85. The fourth-order valence-corrected chi connectivity index (χ4v) is 3.00. The van der Waals surface area contributed by atoms with Gasteiger partial charge < -0.3 is 5.11 Å². The number of hydrogen-bond donors (Lipinski definition) is 2. The third-order valence-electron chi connectivity index (χ3n) is 2.54. The van der Waals surface area contributed by atoms with E-state index in [-0.39, 0.29) is 17.9 Å². The third kappa shape index (κ3) is 5.93. The lowest BCUT2D eigenvalue weighted by atomic mass is 10.3. The Hall–Kier alpha value is -1.06. The van der Waals surface area contributed by atoms with Crippen LogP contribution in [-0.4, -0.2) is 47.8 Å². The Kier molecular flexibility index (Phi) is 7.03. The number of thioether (sulfide) groups is 1. The molecule has 1 heterocycles. The molecule has 1 aromatic heterocycles. The quantitative estimate of drug-likeness (QED) is 0.618. The molecular formula is C11H19N3O4S2. The Morgan fingerprint density at radius 3 is 2.90 bits per heavy atom. The second kappa shape index (κ2) is 8.28. The first-order valence-corrected chi connectivity index (χ1v) is 9.06. The highest BCUT2D eigenvalue weighted by atomic mass is 32.2. The zero-order chi connectivity index (χ0) is 15.0. The van der Waals surface area contributed by atoms with Crippen molar-refractivity contribution in [3.63, 3.8) is 0 Å². The predicted octanol–water partition coefficient (Wildman–Crippen LogP) is 0.779. The molecular weight excluding hydrogens is 302 g/mol. The Labute approximate surface area is 122 Å². The van der Waals surface area contributed by atoms with Gasteiger partial charge in [0.25, 0.3) is 0 Å². The molecule has 0 aliphatic heterocycles. The van der Waals surface area contributed by atoms with Crippen LogP contribution in [0.2, 0.25) is 0 Å². The van der Waals surface area contributed by atoms with E-state index in [1.807, 2.05) is 6.26 Å². The number of unbranched alkanes of at least 4 members (excludes halogenated alkanes) is 1. The summed E-state index contributed by atoms with van der Waals surface area (Å²) in [7, 11) is -3.55. The van der Waals surface area contributed by atoms with E-state index in [9.17, 15) is 13.2 Å². The SMILES string of the molecule is CSCCCCNS(=O)(=O)c1cnn(CCC(=O)O)c1. The summed E-state index contributed by atoms with van der Waals surface area (Å²) in [5.74, 6) is 0.0614. The molecule has 0 aliphatic rings. The fourth-order valence-electron chi connectivity index (χ4n) is 1.48. The Bertz CT molecular complexity index is 528. The van der Waals surface area contributed by atoms with Crippen LogP contribution in [0.1, 0.15) is 19.3 Å². The van der Waals surface area contributed by atoms with Crippen LogP contribution in [0.5, 0.6) is 0 Å². The first kappa shape index (κ1) is 17.0. The highest BCUT2D eigenvalue weighted by molar-refractivity contribution is 7.98. The van der Waals surface area contributed by atoms with Gasteiger partial charge in [-0.05, 0) is 24.9 Å². The minimum absolute atomic E-state index is 0.0627. The molecule has 0 spiro atoms. The van der Waals surface area contributed by atoms with E-state index < -0.39 is 16.0 Å². The van der Waals surface area contributed by atoms with Crippen LogP contribution in [0.25, 0.3) is 0 Å². The molecule has 0 amide bonds. The number of rotatable bonds is 10. The largest absolute Gasteiger partial charge is 0.481 e. The fraction of sp³-hybridized carbons (Fsp3) is 0.636. The van der Waals surface area contributed by atoms with E-state index in [0.29, 0.717) is 6.54 Å². The predicted molar refractivity (Wildman–Crippen MR) is 77.3 cm³/mol. The van der Waals surface area contributed by atoms with Crippen molar-refractivity contribution >= 4 is 27.8 Å². The zero-order valence-corrected chi connectivity index (χ0v) is 12.9. The molecule has 0 radical (unpaired) electrons. The normalized spacial score (nSPS) is 11.7. The van der Waals surface area contributed by atoms with Crippen molar-refractivity contribution in [2.24, 2.45) is 0 Å². The van der Waals surface area contributed by atoms with Crippen molar-refractivity contribution in [3.05, 3.63) is 12.4 Å². The minimum atomic E-state index is -3.55. The van der Waals surface area contributed by atoms with Crippen LogP contribution >= 0.6 is 11.8 Å². The van der Waals surface area contributed by atoms with Crippen LogP contribution in [0.3, 0.4) is 0 Å². The summed E-state index contributed by atoms with van der Waals surface area (Å²) >= 11 is 1.73. The van der Waals surface area contributed by atoms with Crippen molar-refractivity contribution in [2.75, 3.05) is 18.6 Å². The van der Waals surface area contributed by atoms with E-state index >= 15 is 0 Å². The molecule has 9 heteroatoms. The van der Waals surface area contributed by atoms with Gasteiger partial charge in [0.05, 0.1) is 19.2 Å². The molecule has 0 unspecified atom stereocenters. The van der Waals surface area contributed by atoms with Crippen molar-refractivity contribution in [3.8, 4) is 0 Å². The summed E-state index contributed by atoms with van der Waals surface area (Å²) in [6.07, 6.45) is 6.23. The number of aryl methyl sites for hydroxylation is 1. The summed E-state index contributed by atoms with van der Waals surface area (Å²) in [4.78, 5) is 10.5. The number of carboxylic acids is 1. The zero-order valence-electron chi connectivity index (χ0n) is 11.3. The smallest absolute Gasteiger partial charge is 0.305 e. The van der Waals surface area contributed by atoms with Gasteiger partial charge in [-0.25, -0.2) is 13.1 Å². The Balaban J connectivity index is 2.48. The van der Waals surface area contributed by atoms with E-state index in [1.54, 1.807) is 11.8 Å². The molecule has 1 aromatic rings. The number of nitrogens with zero attached hydrogens (tertiary/aromatic N) is 2. The Morgan fingerprint density at radius 1 is 1.50 bits per heavy atom. The maximum Gasteiger partial charge on any atom is 0.305 e. The highest BCUT2D eigenvalue weighted by Gasteiger charge is 2.15. The summed E-state index contributed by atoms with van der Waals surface area (Å²) in [5, 5.41) is 12.4. The molecule has 7 nitrogen and oxygen atoms in total. The number of carbonyl (C=O) groups is 1. The van der Waals surface area contributed by atoms with Crippen LogP contribution in [0.15, 0.2) is 17.3 Å². The molecule has 2 N–H and O–H groups in total. The van der Waals surface area contributed by atoms with Gasteiger partial charge >= 0.3 is 5.97 Å². The van der Waals surface area contributed by atoms with Gasteiger partial charge in [-0.1, -0.05) is 0 Å². The molecule has 0 fully saturated rings. The Morgan fingerprint density at radius 2 is 2.25 bits per heavy atom. The minimum Gasteiger partial charge on any atom is -0.481 e. The first-order valence-electron chi connectivity index (χ1n) is 6.18. The first-order chi connectivity index (χ1) is 9.45. The van der Waals surface area contributed by atoms with Gasteiger partial charge in [0, 0.05) is 12.7 Å². The van der Waals surface area contributed by atoms with Gasteiger partial charge in [0.15, 0.2) is 0 Å². The van der Waals surface area contributed by atoms with Crippen molar-refractivity contribution in [1.82, 2.24) is 14.5 Å². The van der Waals surface area contributed by atoms with Crippen LogP contribution < -0.4 is 4.72 Å². The number of carboxylic acid groups (broad SMARTS) is 1. The summed E-state index contributed by atoms with van der Waals surface area (Å²) in [6, 6.07) is 0. The van der Waals surface area contributed by atoms with E-state index in [0.717, 1.165) is 18.6 Å². The lowest BCUT2D eigenvalue weighted by Crippen LogP contribution is -2.24. The van der Waals surface area contributed by atoms with Crippen molar-refractivity contribution < 1.29 is 18.3 Å². The second-order valence-electron chi connectivity index (χ2n) is 4.18. The number of aromatic nitrogens is 2. The molecule has 114 valence electrons. The van der Waals surface area contributed by atoms with E-state index in [1.165, 1.54) is 17.1 Å². The number of hydrogen-bond acceptors (Lipinski definition) is 5. The van der Waals surface area contributed by atoms with Crippen LogP contribution in [0, 0.1) is 0 Å². The van der Waals surface area contributed by atoms with Crippen molar-refractivity contribution in [2.45, 2.75) is 30.7 Å². The monoisotopic (exact) mass is 321 g/mol. The number of nitrogens with one attached hydrogen (secondary N) is 1. The van der Waals surface area contributed by atoms with Gasteiger partial charge in [-0.3, -0.25) is 9.48 Å². The van der Waals surface area contributed by atoms with Gasteiger partial charge in [0.1, 0.15) is 4.90 Å². The molecule has 0 saturated carbocycles. The number of aliphatic carboxylic acids is 1. The summed E-state index contributed by atoms with van der Waals surface area (Å²) in [5.41, 5.74) is 0. The standard InChI is InChI=1S/C11H19N3O4S2/c1-19-7-3-2-5-13-20(17,18)10-8-12-14(9-10)6-4-11(15)16/h8-9,13H,2-7H2,1H3,(H,15,16). The van der Waals surface area contributed by atoms with Crippen LogP contribution in [-0.2, 0) is 21.4 Å². The lowest BCUT2D eigenvalue weighted by Gasteiger charge is -2.04. The maximum absolute atomic E-state index is 11.9. The highest BCUT2D eigenvalue weighted by Crippen LogP contribution is 2.08. The molecule has 20 heavy (non-hydrogen) atoms. The molecule has 0 saturated heterocycles. The van der Waals surface area contributed by atoms with Crippen molar-refractivity contribution in [1.29, 1.82) is 0 Å². The van der Waals surface area contributed by atoms with Gasteiger partial charge in [0.2, 0.25) is 10.0 Å². The molecule has 0 atom stereocenters. The summed E-state index contributed by atoms with van der Waals surface area (Å²) < 4.78 is 27.7. The van der Waals surface area contributed by atoms with E-state index in [4.69, 9.17) is 5.11 Å². The molecule has 0 aromatic carbocycles. The lowest BCUT2D eigenvalue weighted by molar-refractivity contribution is -0.137. The molecule has 1 rings (SSSR count). The number of sulfonamides is 1. The van der Waals surface area contributed by atoms with Gasteiger partial charge in [-0.2, -0.15) is 16.9 Å². The topological polar surface area (TPSA) is 101 Å². The average molecular weight is 321 g/mol. The van der Waals surface area contributed by atoms with E-state index in [2.05, 4.69) is 9.82 Å².